The van der Waals surface area contributed by atoms with Gasteiger partial charge in [-0.2, -0.15) is 9.05 Å². The lowest BCUT2D eigenvalue weighted by Crippen LogP contribution is -2.36. The van der Waals surface area contributed by atoms with Crippen LogP contribution < -0.4 is 0 Å². The van der Waals surface area contributed by atoms with E-state index >= 15 is 0 Å². The Kier molecular flexibility index (Phi) is 6.51. The van der Waals surface area contributed by atoms with Crippen LogP contribution >= 0.6 is 8.53 Å². The molecule has 1 atom stereocenters. The summed E-state index contributed by atoms with van der Waals surface area (Å²) in [4.78, 5) is 0. The van der Waals surface area contributed by atoms with E-state index in [-0.39, 0.29) is 5.41 Å². The van der Waals surface area contributed by atoms with E-state index in [0.717, 1.165) is 32.6 Å². The molecule has 1 aliphatic heterocycles. The highest BCUT2D eigenvalue weighted by Crippen LogP contribution is 2.50. The van der Waals surface area contributed by atoms with E-state index in [2.05, 4.69) is 38.6 Å². The summed E-state index contributed by atoms with van der Waals surface area (Å²) in [6, 6.07) is 0.322. The maximum absolute atomic E-state index is 5.95. The molecule has 1 fully saturated rings. The third kappa shape index (κ3) is 4.47. The van der Waals surface area contributed by atoms with E-state index in [0.29, 0.717) is 6.04 Å². The Bertz CT molecular complexity index is 271. The molecule has 1 saturated heterocycles. The van der Waals surface area contributed by atoms with Crippen molar-refractivity contribution < 1.29 is 9.05 Å². The zero-order valence-electron chi connectivity index (χ0n) is 11.9. The Morgan fingerprint density at radius 2 is 1.94 bits per heavy atom. The summed E-state index contributed by atoms with van der Waals surface area (Å²) < 4.78 is 14.2. The van der Waals surface area contributed by atoms with Gasteiger partial charge in [0.05, 0.1) is 12.6 Å². The molecule has 4 heteroatoms. The van der Waals surface area contributed by atoms with Crippen LogP contribution in [0.1, 0.15) is 33.6 Å². The van der Waals surface area contributed by atoms with Crippen molar-refractivity contribution in [3.63, 3.8) is 0 Å². The van der Waals surface area contributed by atoms with Crippen molar-refractivity contribution in [2.45, 2.75) is 39.7 Å². The summed E-state index contributed by atoms with van der Waals surface area (Å²) in [5.74, 6) is 0. The molecule has 1 unspecified atom stereocenters. The quantitative estimate of drug-likeness (QED) is 0.519. The first-order valence-electron chi connectivity index (χ1n) is 6.66. The fourth-order valence-electron chi connectivity index (χ4n) is 1.94. The molecule has 0 bridgehead atoms. The van der Waals surface area contributed by atoms with Crippen LogP contribution in [0.4, 0.5) is 0 Å². The summed E-state index contributed by atoms with van der Waals surface area (Å²) in [6.07, 6.45) is 6.13. The van der Waals surface area contributed by atoms with Gasteiger partial charge in [0.15, 0.2) is 0 Å². The molecule has 0 aromatic carbocycles. The summed E-state index contributed by atoms with van der Waals surface area (Å²) in [7, 11) is -1.36. The Balaban J connectivity index is 2.66. The molecule has 0 N–H and O–H groups in total. The van der Waals surface area contributed by atoms with Crippen LogP contribution in [0.3, 0.4) is 0 Å². The van der Waals surface area contributed by atoms with Gasteiger partial charge >= 0.3 is 8.53 Å². The minimum atomic E-state index is -1.36. The van der Waals surface area contributed by atoms with Crippen LogP contribution in [-0.4, -0.2) is 30.5 Å². The standard InChI is InChI=1S/C14H26NO2P/c1-6-9-13(8-3)15(10-7-2)18-16-11-14(4,5)12-17-18/h7-8,13H,2-3,6,9-12H2,1,4-5H3/p+1. The van der Waals surface area contributed by atoms with Gasteiger partial charge in [-0.05, 0) is 6.42 Å². The molecule has 0 aromatic rings. The second-order valence-corrected chi connectivity index (χ2v) is 7.22. The fraction of sp³-hybridized carbons (Fsp3) is 0.714. The van der Waals surface area contributed by atoms with E-state index in [1.165, 1.54) is 0 Å². The monoisotopic (exact) mass is 272 g/mol. The number of hydrogen-bond acceptors (Lipinski definition) is 3. The van der Waals surface area contributed by atoms with Crippen molar-refractivity contribution in [3.8, 4) is 0 Å². The van der Waals surface area contributed by atoms with Crippen molar-refractivity contribution in [1.29, 1.82) is 0 Å². The molecule has 0 radical (unpaired) electrons. The summed E-state index contributed by atoms with van der Waals surface area (Å²) >= 11 is 0. The highest BCUT2D eigenvalue weighted by atomic mass is 31.2. The third-order valence-corrected chi connectivity index (χ3v) is 4.76. The molecule has 0 saturated carbocycles. The van der Waals surface area contributed by atoms with Gasteiger partial charge in [0.25, 0.3) is 0 Å². The normalized spacial score (nSPS) is 21.8. The molecule has 104 valence electrons. The third-order valence-electron chi connectivity index (χ3n) is 2.99. The van der Waals surface area contributed by atoms with Crippen LogP contribution in [-0.2, 0) is 9.05 Å². The highest BCUT2D eigenvalue weighted by Gasteiger charge is 2.40. The first-order valence-corrected chi connectivity index (χ1v) is 7.93. The zero-order chi connectivity index (χ0) is 13.6. The second-order valence-electron chi connectivity index (χ2n) is 5.54. The van der Waals surface area contributed by atoms with Crippen molar-refractivity contribution in [1.82, 2.24) is 4.67 Å². The molecular weight excluding hydrogens is 245 g/mol. The Hall–Kier alpha value is -0.210. The van der Waals surface area contributed by atoms with Crippen LogP contribution in [0.2, 0.25) is 0 Å². The lowest BCUT2D eigenvalue weighted by molar-refractivity contribution is 0.0429. The van der Waals surface area contributed by atoms with E-state index in [4.69, 9.17) is 9.05 Å². The largest absolute Gasteiger partial charge is 0.336 e. The van der Waals surface area contributed by atoms with Crippen LogP contribution in [0.25, 0.3) is 0 Å². The molecule has 3 nitrogen and oxygen atoms in total. The average molecular weight is 272 g/mol. The van der Waals surface area contributed by atoms with E-state index in [1.807, 2.05) is 12.2 Å². The molecule has 0 amide bonds. The smallest absolute Gasteiger partial charge is 0.189 e. The van der Waals surface area contributed by atoms with Crippen LogP contribution in [0.5, 0.6) is 0 Å². The summed E-state index contributed by atoms with van der Waals surface area (Å²) in [5.41, 5.74) is 0.127. The Morgan fingerprint density at radius 1 is 1.33 bits per heavy atom. The molecule has 1 heterocycles. The molecule has 0 aliphatic carbocycles. The second kappa shape index (κ2) is 7.40. The van der Waals surface area contributed by atoms with Gasteiger partial charge in [0.2, 0.25) is 0 Å². The van der Waals surface area contributed by atoms with Gasteiger partial charge in [-0.1, -0.05) is 39.3 Å². The molecule has 0 spiro atoms. The minimum Gasteiger partial charge on any atom is -0.189 e. The number of hydrogen-bond donors (Lipinski definition) is 0. The molecule has 1 rings (SSSR count). The predicted octanol–water partition coefficient (Wildman–Crippen LogP) is 3.86. The molecular formula is C14H27NO2P+. The topological polar surface area (TPSA) is 21.7 Å². The lowest BCUT2D eigenvalue weighted by atomic mass is 9.97. The van der Waals surface area contributed by atoms with E-state index < -0.39 is 8.53 Å². The highest BCUT2D eigenvalue weighted by molar-refractivity contribution is 7.44. The summed E-state index contributed by atoms with van der Waals surface area (Å²) in [5, 5.41) is 0. The van der Waals surface area contributed by atoms with Crippen molar-refractivity contribution >= 4 is 8.53 Å². The zero-order valence-corrected chi connectivity index (χ0v) is 12.9. The van der Waals surface area contributed by atoms with Crippen LogP contribution in [0, 0.1) is 5.41 Å². The number of rotatable bonds is 7. The van der Waals surface area contributed by atoms with Crippen LogP contribution in [0.15, 0.2) is 25.3 Å². The Labute approximate surface area is 113 Å². The van der Waals surface area contributed by atoms with Crippen molar-refractivity contribution in [2.24, 2.45) is 5.41 Å². The van der Waals surface area contributed by atoms with E-state index in [9.17, 15) is 0 Å². The predicted molar refractivity (Wildman–Crippen MR) is 79.8 cm³/mol. The average Bonchev–Trinajstić information content (AvgIpc) is 2.34. The van der Waals surface area contributed by atoms with Gasteiger partial charge in [-0.25, -0.2) is 0 Å². The maximum atomic E-state index is 5.95. The minimum absolute atomic E-state index is 0.127. The Morgan fingerprint density at radius 3 is 2.39 bits per heavy atom. The lowest BCUT2D eigenvalue weighted by Gasteiger charge is -2.34. The summed E-state index contributed by atoms with van der Waals surface area (Å²) in [6.45, 7) is 16.6. The van der Waals surface area contributed by atoms with Gasteiger partial charge in [0, 0.05) is 5.41 Å². The van der Waals surface area contributed by atoms with Crippen molar-refractivity contribution in [2.75, 3.05) is 19.8 Å². The molecule has 18 heavy (non-hydrogen) atoms. The number of nitrogens with zero attached hydrogens (tertiary/aromatic N) is 1. The van der Waals surface area contributed by atoms with Gasteiger partial charge in [-0.3, -0.25) is 0 Å². The molecule has 0 aromatic heterocycles. The fourth-order valence-corrected chi connectivity index (χ4v) is 4.17. The van der Waals surface area contributed by atoms with E-state index in [1.54, 1.807) is 0 Å². The maximum Gasteiger partial charge on any atom is 0.336 e. The van der Waals surface area contributed by atoms with Gasteiger partial charge < -0.3 is 0 Å². The SMILES string of the molecule is C=CCN(C(C=C)CCC)[PH+]1OCC(C)(C)CO1. The first-order chi connectivity index (χ1) is 8.54. The molecule has 1 aliphatic rings. The first kappa shape index (κ1) is 15.8. The van der Waals surface area contributed by atoms with Crippen molar-refractivity contribution in [3.05, 3.63) is 25.3 Å². The van der Waals surface area contributed by atoms with Gasteiger partial charge in [0.1, 0.15) is 13.2 Å². The van der Waals surface area contributed by atoms with Gasteiger partial charge in [-0.15, -0.1) is 17.8 Å².